The molecule has 5 nitrogen and oxygen atoms in total. The standard InChI is InChI=1S/C16H27NO4S/c1-2-3-4-5-6-7-8-9-10-21-15-11-14(17)12-16(13-15)22(18,19)20/h11-13H,2-10,17H2,1H3,(H,18,19,20). The van der Waals surface area contributed by atoms with E-state index >= 15 is 0 Å². The SMILES string of the molecule is CCCCCCCCCCOc1cc(N)cc(S(=O)(=O)O)c1. The summed E-state index contributed by atoms with van der Waals surface area (Å²) in [7, 11) is -4.26. The average Bonchev–Trinajstić information content (AvgIpc) is 2.44. The van der Waals surface area contributed by atoms with E-state index < -0.39 is 10.1 Å². The van der Waals surface area contributed by atoms with Crippen molar-refractivity contribution in [2.75, 3.05) is 12.3 Å². The number of nitrogen functional groups attached to an aromatic ring is 1. The Morgan fingerprint density at radius 3 is 2.18 bits per heavy atom. The van der Waals surface area contributed by atoms with E-state index in [1.165, 1.54) is 50.7 Å². The normalized spacial score (nSPS) is 11.5. The van der Waals surface area contributed by atoms with E-state index in [0.29, 0.717) is 12.4 Å². The highest BCUT2D eigenvalue weighted by Crippen LogP contribution is 2.22. The summed E-state index contributed by atoms with van der Waals surface area (Å²) >= 11 is 0. The third-order valence-corrected chi connectivity index (χ3v) is 4.30. The zero-order valence-electron chi connectivity index (χ0n) is 13.3. The van der Waals surface area contributed by atoms with E-state index in [2.05, 4.69) is 6.92 Å². The first kappa shape index (κ1) is 18.8. The maximum Gasteiger partial charge on any atom is 0.294 e. The molecule has 6 heteroatoms. The molecule has 0 saturated carbocycles. The summed E-state index contributed by atoms with van der Waals surface area (Å²) in [5.41, 5.74) is 5.86. The quantitative estimate of drug-likeness (QED) is 0.363. The van der Waals surface area contributed by atoms with Crippen LogP contribution in [0.4, 0.5) is 5.69 Å². The monoisotopic (exact) mass is 329 g/mol. The first-order chi connectivity index (χ1) is 10.4. The summed E-state index contributed by atoms with van der Waals surface area (Å²) in [4.78, 5) is -0.238. The lowest BCUT2D eigenvalue weighted by Gasteiger charge is -2.08. The second-order valence-corrected chi connectivity index (χ2v) is 6.96. The lowest BCUT2D eigenvalue weighted by molar-refractivity contribution is 0.303. The fraction of sp³-hybridized carbons (Fsp3) is 0.625. The number of ether oxygens (including phenoxy) is 1. The molecule has 0 aliphatic heterocycles. The van der Waals surface area contributed by atoms with Crippen LogP contribution < -0.4 is 10.5 Å². The van der Waals surface area contributed by atoms with E-state index in [9.17, 15) is 8.42 Å². The van der Waals surface area contributed by atoms with Crippen LogP contribution in [0, 0.1) is 0 Å². The summed E-state index contributed by atoms with van der Waals surface area (Å²) in [5, 5.41) is 0. The molecular weight excluding hydrogens is 302 g/mol. The molecule has 0 aliphatic rings. The topological polar surface area (TPSA) is 89.6 Å². The molecule has 0 amide bonds. The largest absolute Gasteiger partial charge is 0.493 e. The molecule has 1 aromatic carbocycles. The third kappa shape index (κ3) is 7.66. The molecular formula is C16H27NO4S. The second kappa shape index (κ2) is 9.69. The van der Waals surface area contributed by atoms with Crippen molar-refractivity contribution in [3.63, 3.8) is 0 Å². The number of benzene rings is 1. The Labute approximate surface area is 133 Å². The number of nitrogens with two attached hydrogens (primary N) is 1. The predicted octanol–water partition coefficient (Wildman–Crippen LogP) is 4.04. The molecule has 22 heavy (non-hydrogen) atoms. The molecule has 0 bridgehead atoms. The van der Waals surface area contributed by atoms with Gasteiger partial charge in [-0.3, -0.25) is 4.55 Å². The van der Waals surface area contributed by atoms with Gasteiger partial charge in [-0.1, -0.05) is 51.9 Å². The minimum Gasteiger partial charge on any atom is -0.493 e. The van der Waals surface area contributed by atoms with Gasteiger partial charge in [-0.15, -0.1) is 0 Å². The second-order valence-electron chi connectivity index (χ2n) is 5.54. The molecule has 0 aliphatic carbocycles. The van der Waals surface area contributed by atoms with Crippen LogP contribution in [0.1, 0.15) is 58.3 Å². The van der Waals surface area contributed by atoms with Crippen molar-refractivity contribution in [1.29, 1.82) is 0 Å². The van der Waals surface area contributed by atoms with Crippen LogP contribution in [0.2, 0.25) is 0 Å². The highest BCUT2D eigenvalue weighted by atomic mass is 32.2. The van der Waals surface area contributed by atoms with E-state index in [1.807, 2.05) is 0 Å². The fourth-order valence-corrected chi connectivity index (χ4v) is 2.80. The summed E-state index contributed by atoms with van der Waals surface area (Å²) in [6, 6.07) is 4.05. The van der Waals surface area contributed by atoms with E-state index in [1.54, 1.807) is 6.07 Å². The Morgan fingerprint density at radius 2 is 1.59 bits per heavy atom. The van der Waals surface area contributed by atoms with Gasteiger partial charge < -0.3 is 10.5 Å². The summed E-state index contributed by atoms with van der Waals surface area (Å²) in [6.45, 7) is 2.73. The van der Waals surface area contributed by atoms with Gasteiger partial charge in [0.25, 0.3) is 10.1 Å². The van der Waals surface area contributed by atoms with Crippen LogP contribution in [0.15, 0.2) is 23.1 Å². The number of anilines is 1. The molecule has 0 fully saturated rings. The van der Waals surface area contributed by atoms with Crippen LogP contribution in [-0.4, -0.2) is 19.6 Å². The molecule has 0 unspecified atom stereocenters. The molecule has 1 rings (SSSR count). The highest BCUT2D eigenvalue weighted by Gasteiger charge is 2.12. The van der Waals surface area contributed by atoms with Crippen molar-refractivity contribution >= 4 is 15.8 Å². The number of rotatable bonds is 11. The van der Waals surface area contributed by atoms with Crippen LogP contribution in [0.25, 0.3) is 0 Å². The van der Waals surface area contributed by atoms with Crippen molar-refractivity contribution in [3.05, 3.63) is 18.2 Å². The van der Waals surface area contributed by atoms with Crippen LogP contribution >= 0.6 is 0 Å². The van der Waals surface area contributed by atoms with Crippen molar-refractivity contribution < 1.29 is 17.7 Å². The zero-order valence-corrected chi connectivity index (χ0v) is 14.1. The average molecular weight is 329 g/mol. The third-order valence-electron chi connectivity index (χ3n) is 3.47. The minimum absolute atomic E-state index is 0.238. The van der Waals surface area contributed by atoms with Gasteiger partial charge in [-0.05, 0) is 12.5 Å². The van der Waals surface area contributed by atoms with Gasteiger partial charge in [0.1, 0.15) is 5.75 Å². The molecule has 0 radical (unpaired) electrons. The van der Waals surface area contributed by atoms with Gasteiger partial charge in [0.2, 0.25) is 0 Å². The Morgan fingerprint density at radius 1 is 1.00 bits per heavy atom. The number of unbranched alkanes of at least 4 members (excludes halogenated alkanes) is 7. The predicted molar refractivity (Wildman–Crippen MR) is 88.8 cm³/mol. The Hall–Kier alpha value is -1.27. The lowest BCUT2D eigenvalue weighted by Crippen LogP contribution is -2.03. The summed E-state index contributed by atoms with van der Waals surface area (Å²) < 4.78 is 36.8. The zero-order chi connectivity index (χ0) is 16.4. The Balaban J connectivity index is 2.27. The van der Waals surface area contributed by atoms with Gasteiger partial charge in [-0.2, -0.15) is 8.42 Å². The van der Waals surface area contributed by atoms with Gasteiger partial charge in [0.15, 0.2) is 0 Å². The van der Waals surface area contributed by atoms with Gasteiger partial charge in [-0.25, -0.2) is 0 Å². The van der Waals surface area contributed by atoms with Crippen LogP contribution in [0.3, 0.4) is 0 Å². The summed E-state index contributed by atoms with van der Waals surface area (Å²) in [6.07, 6.45) is 9.65. The highest BCUT2D eigenvalue weighted by molar-refractivity contribution is 7.85. The van der Waals surface area contributed by atoms with Crippen molar-refractivity contribution in [2.45, 2.75) is 63.2 Å². The van der Waals surface area contributed by atoms with Gasteiger partial charge in [0.05, 0.1) is 11.5 Å². The molecule has 0 spiro atoms. The molecule has 0 aromatic heterocycles. The maximum absolute atomic E-state index is 11.1. The number of hydrogen-bond acceptors (Lipinski definition) is 4. The van der Waals surface area contributed by atoms with Crippen LogP contribution in [0.5, 0.6) is 5.75 Å². The fourth-order valence-electron chi connectivity index (χ4n) is 2.25. The molecule has 126 valence electrons. The number of hydrogen-bond donors (Lipinski definition) is 2. The first-order valence-electron chi connectivity index (χ1n) is 7.94. The Kier molecular flexibility index (Phi) is 8.27. The molecule has 0 atom stereocenters. The Bertz CT molecular complexity index is 543. The molecule has 0 heterocycles. The molecule has 0 saturated heterocycles. The molecule has 3 N–H and O–H groups in total. The van der Waals surface area contributed by atoms with E-state index in [0.717, 1.165) is 12.8 Å². The lowest BCUT2D eigenvalue weighted by atomic mass is 10.1. The van der Waals surface area contributed by atoms with E-state index in [4.69, 9.17) is 15.0 Å². The first-order valence-corrected chi connectivity index (χ1v) is 9.38. The van der Waals surface area contributed by atoms with Crippen LogP contribution in [-0.2, 0) is 10.1 Å². The smallest absolute Gasteiger partial charge is 0.294 e. The van der Waals surface area contributed by atoms with Gasteiger partial charge >= 0.3 is 0 Å². The maximum atomic E-state index is 11.1. The molecule has 1 aromatic rings. The van der Waals surface area contributed by atoms with Crippen molar-refractivity contribution in [3.8, 4) is 5.75 Å². The van der Waals surface area contributed by atoms with Gasteiger partial charge in [0, 0.05) is 17.8 Å². The van der Waals surface area contributed by atoms with Crippen molar-refractivity contribution in [2.24, 2.45) is 0 Å². The van der Waals surface area contributed by atoms with Crippen molar-refractivity contribution in [1.82, 2.24) is 0 Å². The van der Waals surface area contributed by atoms with E-state index in [-0.39, 0.29) is 10.6 Å². The summed E-state index contributed by atoms with van der Waals surface area (Å²) in [5.74, 6) is 0.371. The minimum atomic E-state index is -4.26.